The third-order valence-electron chi connectivity index (χ3n) is 1.40. The van der Waals surface area contributed by atoms with Crippen LogP contribution in [0.25, 0.3) is 0 Å². The van der Waals surface area contributed by atoms with Crippen molar-refractivity contribution in [2.45, 2.75) is 26.7 Å². The third-order valence-corrected chi connectivity index (χ3v) is 2.58. The molecule has 0 radical (unpaired) electrons. The lowest BCUT2D eigenvalue weighted by Crippen LogP contribution is -2.28. The van der Waals surface area contributed by atoms with E-state index in [1.54, 1.807) is 6.92 Å². The number of ether oxygens (including phenoxy) is 2. The highest BCUT2D eigenvalue weighted by Crippen LogP contribution is 1.97. The van der Waals surface area contributed by atoms with Crippen LogP contribution in [-0.4, -0.2) is 34.9 Å². The van der Waals surface area contributed by atoms with Gasteiger partial charge in [-0.05, 0) is 20.8 Å². The summed E-state index contributed by atoms with van der Waals surface area (Å²) in [7, 11) is -1.14. The SMILES string of the molecule is C=C(C)C(=O)O[SiH2]C(OCC)OCC. The van der Waals surface area contributed by atoms with Crippen molar-refractivity contribution >= 4 is 15.7 Å². The molecule has 0 aromatic carbocycles. The van der Waals surface area contributed by atoms with E-state index in [4.69, 9.17) is 13.9 Å². The van der Waals surface area contributed by atoms with Crippen molar-refractivity contribution in [1.29, 1.82) is 0 Å². The first-order valence-corrected chi connectivity index (χ1v) is 6.07. The highest BCUT2D eigenvalue weighted by molar-refractivity contribution is 6.32. The van der Waals surface area contributed by atoms with Gasteiger partial charge in [0.2, 0.25) is 0 Å². The van der Waals surface area contributed by atoms with Crippen molar-refractivity contribution in [2.75, 3.05) is 13.2 Å². The van der Waals surface area contributed by atoms with Crippen LogP contribution in [0.4, 0.5) is 0 Å². The second-order valence-corrected chi connectivity index (χ2v) is 4.01. The highest BCUT2D eigenvalue weighted by atomic mass is 28.2. The standard InChI is InChI=1S/C9H18O4Si/c1-5-11-9(12-6-2)14-13-8(10)7(3)4/h9H,3,5-6,14H2,1-2,4H3. The summed E-state index contributed by atoms with van der Waals surface area (Å²) < 4.78 is 15.5. The second-order valence-electron chi connectivity index (χ2n) is 2.72. The summed E-state index contributed by atoms with van der Waals surface area (Å²) >= 11 is 0. The van der Waals surface area contributed by atoms with E-state index in [0.29, 0.717) is 18.8 Å². The molecule has 0 aromatic heterocycles. The quantitative estimate of drug-likeness (QED) is 0.355. The molecule has 0 saturated heterocycles. The molecule has 0 spiro atoms. The van der Waals surface area contributed by atoms with Crippen molar-refractivity contribution in [2.24, 2.45) is 0 Å². The van der Waals surface area contributed by atoms with Gasteiger partial charge in [-0.15, -0.1) is 0 Å². The molecule has 5 heteroatoms. The van der Waals surface area contributed by atoms with Crippen molar-refractivity contribution in [3.8, 4) is 0 Å². The molecule has 4 nitrogen and oxygen atoms in total. The molecule has 82 valence electrons. The number of rotatable bonds is 7. The van der Waals surface area contributed by atoms with Gasteiger partial charge in [0, 0.05) is 18.8 Å². The zero-order valence-electron chi connectivity index (χ0n) is 9.04. The van der Waals surface area contributed by atoms with Gasteiger partial charge in [0.1, 0.15) is 0 Å². The Balaban J connectivity index is 3.80. The molecule has 0 N–H and O–H groups in total. The van der Waals surface area contributed by atoms with Crippen LogP contribution >= 0.6 is 0 Å². The number of carbonyl (C=O) groups is 1. The van der Waals surface area contributed by atoms with Gasteiger partial charge in [0.05, 0.1) is 0 Å². The van der Waals surface area contributed by atoms with E-state index in [0.717, 1.165) is 0 Å². The summed E-state index contributed by atoms with van der Waals surface area (Å²) in [6, 6.07) is 0. The fourth-order valence-corrected chi connectivity index (χ4v) is 1.98. The minimum absolute atomic E-state index is 0.340. The smallest absolute Gasteiger partial charge is 0.319 e. The van der Waals surface area contributed by atoms with E-state index in [1.165, 1.54) is 0 Å². The van der Waals surface area contributed by atoms with E-state index in [1.807, 2.05) is 13.8 Å². The molecule has 0 atom stereocenters. The van der Waals surface area contributed by atoms with Crippen LogP contribution in [0, 0.1) is 0 Å². The molecule has 0 aliphatic heterocycles. The Hall–Kier alpha value is -0.653. The lowest BCUT2D eigenvalue weighted by molar-refractivity contribution is -0.133. The first kappa shape index (κ1) is 13.3. The fraction of sp³-hybridized carbons (Fsp3) is 0.667. The molecule has 0 heterocycles. The minimum atomic E-state index is -1.14. The van der Waals surface area contributed by atoms with Crippen LogP contribution in [0.5, 0.6) is 0 Å². The Morgan fingerprint density at radius 2 is 1.86 bits per heavy atom. The average molecular weight is 218 g/mol. The van der Waals surface area contributed by atoms with Gasteiger partial charge in [0.15, 0.2) is 5.91 Å². The van der Waals surface area contributed by atoms with E-state index >= 15 is 0 Å². The van der Waals surface area contributed by atoms with E-state index < -0.39 is 9.76 Å². The molecule has 14 heavy (non-hydrogen) atoms. The maximum absolute atomic E-state index is 11.1. The van der Waals surface area contributed by atoms with Crippen LogP contribution in [0.3, 0.4) is 0 Å². The summed E-state index contributed by atoms with van der Waals surface area (Å²) in [5.41, 5.74) is 0.407. The summed E-state index contributed by atoms with van der Waals surface area (Å²) in [5, 5.41) is 0. The predicted molar refractivity (Wildman–Crippen MR) is 56.5 cm³/mol. The molecule has 0 aromatic rings. The topological polar surface area (TPSA) is 44.8 Å². The lowest BCUT2D eigenvalue weighted by Gasteiger charge is -2.16. The van der Waals surface area contributed by atoms with Crippen LogP contribution in [0.15, 0.2) is 12.2 Å². The fourth-order valence-electron chi connectivity index (χ4n) is 0.783. The van der Waals surface area contributed by atoms with Crippen molar-refractivity contribution in [3.05, 3.63) is 12.2 Å². The Morgan fingerprint density at radius 3 is 2.21 bits per heavy atom. The maximum atomic E-state index is 11.1. The Labute approximate surface area is 87.2 Å². The van der Waals surface area contributed by atoms with Crippen LogP contribution in [0.1, 0.15) is 20.8 Å². The molecular weight excluding hydrogens is 200 g/mol. The lowest BCUT2D eigenvalue weighted by atomic mass is 10.4. The monoisotopic (exact) mass is 218 g/mol. The van der Waals surface area contributed by atoms with Gasteiger partial charge in [0.25, 0.3) is 9.76 Å². The Kier molecular flexibility index (Phi) is 7.36. The Bertz CT molecular complexity index is 187. The predicted octanol–water partition coefficient (Wildman–Crippen LogP) is 0.546. The molecule has 0 unspecified atom stereocenters. The molecule has 0 rings (SSSR count). The van der Waals surface area contributed by atoms with Gasteiger partial charge in [-0.25, -0.2) is 4.79 Å². The summed E-state index contributed by atoms with van der Waals surface area (Å²) in [6.45, 7) is 9.98. The van der Waals surface area contributed by atoms with Crippen LogP contribution in [-0.2, 0) is 18.7 Å². The largest absolute Gasteiger partial charge is 0.516 e. The average Bonchev–Trinajstić information content (AvgIpc) is 2.14. The van der Waals surface area contributed by atoms with Gasteiger partial charge >= 0.3 is 5.97 Å². The van der Waals surface area contributed by atoms with Crippen molar-refractivity contribution < 1.29 is 18.7 Å². The molecular formula is C9H18O4Si. The molecule has 0 saturated carbocycles. The zero-order chi connectivity index (χ0) is 11.0. The van der Waals surface area contributed by atoms with Crippen molar-refractivity contribution in [1.82, 2.24) is 0 Å². The summed E-state index contributed by atoms with van der Waals surface area (Å²) in [6.07, 6.45) is 0. The van der Waals surface area contributed by atoms with Crippen LogP contribution in [0.2, 0.25) is 0 Å². The third kappa shape index (κ3) is 5.90. The maximum Gasteiger partial charge on any atom is 0.319 e. The van der Waals surface area contributed by atoms with Gasteiger partial charge in [-0.3, -0.25) is 0 Å². The first-order valence-electron chi connectivity index (χ1n) is 4.67. The number of hydrogen-bond donors (Lipinski definition) is 0. The van der Waals surface area contributed by atoms with Gasteiger partial charge in [-0.1, -0.05) is 6.58 Å². The Morgan fingerprint density at radius 1 is 1.36 bits per heavy atom. The van der Waals surface area contributed by atoms with E-state index in [2.05, 4.69) is 6.58 Å². The van der Waals surface area contributed by atoms with Gasteiger partial charge < -0.3 is 13.9 Å². The van der Waals surface area contributed by atoms with E-state index in [9.17, 15) is 4.79 Å². The van der Waals surface area contributed by atoms with Gasteiger partial charge in [-0.2, -0.15) is 0 Å². The second kappa shape index (κ2) is 7.72. The molecule has 0 fully saturated rings. The molecule has 0 aliphatic carbocycles. The normalized spacial score (nSPS) is 11.1. The summed E-state index contributed by atoms with van der Waals surface area (Å²) in [4.78, 5) is 11.1. The number of carbonyl (C=O) groups excluding carboxylic acids is 1. The molecule has 0 amide bonds. The molecule has 0 aliphatic rings. The summed E-state index contributed by atoms with van der Waals surface area (Å²) in [5.74, 6) is -0.700. The minimum Gasteiger partial charge on any atom is -0.516 e. The van der Waals surface area contributed by atoms with E-state index in [-0.39, 0.29) is 11.9 Å². The highest BCUT2D eigenvalue weighted by Gasteiger charge is 2.12. The first-order chi connectivity index (χ1) is 6.61. The number of hydrogen-bond acceptors (Lipinski definition) is 4. The van der Waals surface area contributed by atoms with Crippen molar-refractivity contribution in [3.63, 3.8) is 0 Å². The zero-order valence-corrected chi connectivity index (χ0v) is 10.5. The van der Waals surface area contributed by atoms with Crippen LogP contribution < -0.4 is 0 Å². The molecule has 0 bridgehead atoms.